The molecule has 0 saturated heterocycles. The molecule has 7 heteroatoms. The Morgan fingerprint density at radius 3 is 2.48 bits per heavy atom. The fourth-order valence-electron chi connectivity index (χ4n) is 4.42. The zero-order chi connectivity index (χ0) is 21.5. The van der Waals surface area contributed by atoms with Crippen molar-refractivity contribution >= 4 is 16.6 Å². The lowest BCUT2D eigenvalue weighted by atomic mass is 10.0. The second kappa shape index (κ2) is 7.43. The molecule has 2 aromatic heterocycles. The molecule has 0 atom stereocenters. The highest BCUT2D eigenvalue weighted by molar-refractivity contribution is 6.27. The van der Waals surface area contributed by atoms with E-state index in [4.69, 9.17) is 9.47 Å². The van der Waals surface area contributed by atoms with Gasteiger partial charge in [0.25, 0.3) is 5.56 Å². The summed E-state index contributed by atoms with van der Waals surface area (Å²) >= 11 is 0. The van der Waals surface area contributed by atoms with Crippen LogP contribution < -0.4 is 15.0 Å². The van der Waals surface area contributed by atoms with Crippen molar-refractivity contribution in [3.05, 3.63) is 76.6 Å². The summed E-state index contributed by atoms with van der Waals surface area (Å²) in [4.78, 5) is 31.2. The van der Waals surface area contributed by atoms with Gasteiger partial charge in [-0.15, -0.1) is 0 Å². The fraction of sp³-hybridized carbons (Fsp3) is 0.208. The maximum Gasteiger partial charge on any atom is 0.262 e. The van der Waals surface area contributed by atoms with Crippen molar-refractivity contribution in [3.8, 4) is 22.8 Å². The predicted molar refractivity (Wildman–Crippen MR) is 117 cm³/mol. The van der Waals surface area contributed by atoms with E-state index >= 15 is 0 Å². The average Bonchev–Trinajstić information content (AvgIpc) is 3.42. The number of aromatic nitrogens is 3. The smallest absolute Gasteiger partial charge is 0.262 e. The first-order chi connectivity index (χ1) is 15.2. The SMILES string of the molecule is COc1ccc2c3c(n(CCCn4ccnc4)c(=O)c2c1OC)-c1ccccc1C3=O. The summed E-state index contributed by atoms with van der Waals surface area (Å²) in [7, 11) is 3.03. The molecule has 0 radical (unpaired) electrons. The quantitative estimate of drug-likeness (QED) is 0.424. The van der Waals surface area contributed by atoms with Gasteiger partial charge in [0.1, 0.15) is 0 Å². The van der Waals surface area contributed by atoms with Crippen LogP contribution in [0.3, 0.4) is 0 Å². The normalized spacial score (nSPS) is 12.1. The Bertz CT molecular complexity index is 1370. The lowest BCUT2D eigenvalue weighted by molar-refractivity contribution is 0.104. The molecule has 5 rings (SSSR count). The second-order valence-corrected chi connectivity index (χ2v) is 7.43. The summed E-state index contributed by atoms with van der Waals surface area (Å²) in [6, 6.07) is 11.0. The van der Waals surface area contributed by atoms with E-state index in [2.05, 4.69) is 4.98 Å². The first kappa shape index (κ1) is 19.1. The number of aryl methyl sites for hydroxylation is 1. The first-order valence-corrected chi connectivity index (χ1v) is 10.1. The minimum atomic E-state index is -0.195. The number of hydrogen-bond acceptors (Lipinski definition) is 5. The molecule has 0 N–H and O–H groups in total. The molecule has 0 unspecified atom stereocenters. The molecule has 2 heterocycles. The number of benzene rings is 2. The summed E-state index contributed by atoms with van der Waals surface area (Å²) in [6.45, 7) is 1.17. The maximum absolute atomic E-state index is 13.7. The zero-order valence-electron chi connectivity index (χ0n) is 17.3. The van der Waals surface area contributed by atoms with E-state index in [1.807, 2.05) is 35.0 Å². The fourth-order valence-corrected chi connectivity index (χ4v) is 4.42. The number of hydrogen-bond donors (Lipinski definition) is 0. The van der Waals surface area contributed by atoms with Crippen LogP contribution in [-0.4, -0.2) is 34.1 Å². The molecule has 0 saturated carbocycles. The molecule has 4 aromatic rings. The highest BCUT2D eigenvalue weighted by atomic mass is 16.5. The maximum atomic E-state index is 13.7. The molecule has 2 aromatic carbocycles. The molecular formula is C24H21N3O4. The molecular weight excluding hydrogens is 394 g/mol. The molecule has 0 bridgehead atoms. The van der Waals surface area contributed by atoms with Crippen LogP contribution in [0.15, 0.2) is 59.9 Å². The monoisotopic (exact) mass is 415 g/mol. The molecule has 1 aliphatic rings. The van der Waals surface area contributed by atoms with Gasteiger partial charge in [0.05, 0.1) is 37.2 Å². The number of methoxy groups -OCH3 is 2. The largest absolute Gasteiger partial charge is 0.493 e. The van der Waals surface area contributed by atoms with Crippen LogP contribution >= 0.6 is 0 Å². The van der Waals surface area contributed by atoms with Crippen LogP contribution in [0.5, 0.6) is 11.5 Å². The number of ketones is 1. The summed E-state index contributed by atoms with van der Waals surface area (Å²) in [5.74, 6) is 0.728. The molecule has 0 fully saturated rings. The highest BCUT2D eigenvalue weighted by Gasteiger charge is 2.33. The summed E-state index contributed by atoms with van der Waals surface area (Å²) < 4.78 is 14.6. The Hall–Kier alpha value is -3.87. The third-order valence-corrected chi connectivity index (χ3v) is 5.79. The Labute approximate surface area is 178 Å². The topological polar surface area (TPSA) is 75.3 Å². The summed E-state index contributed by atoms with van der Waals surface area (Å²) in [6.07, 6.45) is 6.07. The number of carbonyl (C=O) groups excluding carboxylic acids is 1. The Balaban J connectivity index is 1.77. The van der Waals surface area contributed by atoms with Crippen molar-refractivity contribution in [2.45, 2.75) is 19.5 Å². The van der Waals surface area contributed by atoms with Crippen LogP contribution in [0.4, 0.5) is 0 Å². The number of pyridine rings is 1. The standard InChI is InChI=1S/C24H21N3O4/c1-30-18-9-8-17-19-21(15-6-3-4-7-16(15)22(19)28)27(24(29)20(17)23(18)31-2)12-5-11-26-13-10-25-14-26/h3-4,6-10,13-14H,5,11-12H2,1-2H3. The van der Waals surface area contributed by atoms with Crippen molar-refractivity contribution < 1.29 is 14.3 Å². The number of fused-ring (bicyclic) bond motifs is 5. The van der Waals surface area contributed by atoms with Gasteiger partial charge < -0.3 is 18.6 Å². The molecule has 7 nitrogen and oxygen atoms in total. The number of imidazole rings is 1. The Morgan fingerprint density at radius 1 is 0.968 bits per heavy atom. The molecule has 0 amide bonds. The van der Waals surface area contributed by atoms with Crippen LogP contribution in [0.1, 0.15) is 22.3 Å². The van der Waals surface area contributed by atoms with Gasteiger partial charge in [-0.05, 0) is 18.6 Å². The number of carbonyl (C=O) groups is 1. The van der Waals surface area contributed by atoms with Gasteiger partial charge >= 0.3 is 0 Å². The third-order valence-electron chi connectivity index (χ3n) is 5.79. The van der Waals surface area contributed by atoms with E-state index in [0.717, 1.165) is 5.56 Å². The second-order valence-electron chi connectivity index (χ2n) is 7.43. The minimum Gasteiger partial charge on any atom is -0.493 e. The van der Waals surface area contributed by atoms with Crippen molar-refractivity contribution in [2.75, 3.05) is 14.2 Å². The van der Waals surface area contributed by atoms with E-state index in [0.29, 0.717) is 58.6 Å². The Morgan fingerprint density at radius 2 is 1.77 bits per heavy atom. The zero-order valence-corrected chi connectivity index (χ0v) is 17.3. The van der Waals surface area contributed by atoms with E-state index in [9.17, 15) is 9.59 Å². The number of nitrogens with zero attached hydrogens (tertiary/aromatic N) is 3. The van der Waals surface area contributed by atoms with Crippen LogP contribution in [0.25, 0.3) is 22.0 Å². The lowest BCUT2D eigenvalue weighted by Crippen LogP contribution is -2.24. The van der Waals surface area contributed by atoms with Crippen molar-refractivity contribution in [1.29, 1.82) is 0 Å². The highest BCUT2D eigenvalue weighted by Crippen LogP contribution is 2.43. The van der Waals surface area contributed by atoms with Crippen molar-refractivity contribution in [2.24, 2.45) is 0 Å². The van der Waals surface area contributed by atoms with Crippen LogP contribution in [0.2, 0.25) is 0 Å². The van der Waals surface area contributed by atoms with E-state index in [1.165, 1.54) is 14.2 Å². The van der Waals surface area contributed by atoms with Gasteiger partial charge in [0.2, 0.25) is 0 Å². The Kier molecular flexibility index (Phi) is 4.58. The van der Waals surface area contributed by atoms with Crippen LogP contribution in [-0.2, 0) is 13.1 Å². The minimum absolute atomic E-state index is 0.0776. The number of ether oxygens (including phenoxy) is 2. The van der Waals surface area contributed by atoms with Crippen LogP contribution in [0, 0.1) is 0 Å². The molecule has 31 heavy (non-hydrogen) atoms. The predicted octanol–water partition coefficient (Wildman–Crippen LogP) is 3.52. The average molecular weight is 415 g/mol. The van der Waals surface area contributed by atoms with Gasteiger partial charge in [-0.3, -0.25) is 9.59 Å². The van der Waals surface area contributed by atoms with Gasteiger partial charge in [0, 0.05) is 42.0 Å². The summed E-state index contributed by atoms with van der Waals surface area (Å²) in [5, 5.41) is 0.953. The molecule has 1 aliphatic carbocycles. The molecule has 156 valence electrons. The van der Waals surface area contributed by atoms with Gasteiger partial charge in [-0.2, -0.15) is 0 Å². The van der Waals surface area contributed by atoms with Gasteiger partial charge in [-0.25, -0.2) is 4.98 Å². The summed E-state index contributed by atoms with van der Waals surface area (Å²) in [5.41, 5.74) is 2.43. The van der Waals surface area contributed by atoms with Crippen molar-refractivity contribution in [3.63, 3.8) is 0 Å². The van der Waals surface area contributed by atoms with Gasteiger partial charge in [0.15, 0.2) is 17.3 Å². The number of rotatable bonds is 6. The molecule has 0 spiro atoms. The van der Waals surface area contributed by atoms with E-state index in [-0.39, 0.29) is 11.3 Å². The lowest BCUT2D eigenvalue weighted by Gasteiger charge is -2.17. The third kappa shape index (κ3) is 2.84. The van der Waals surface area contributed by atoms with Gasteiger partial charge in [-0.1, -0.05) is 24.3 Å². The van der Waals surface area contributed by atoms with Crippen molar-refractivity contribution in [1.82, 2.24) is 14.1 Å². The van der Waals surface area contributed by atoms with E-state index < -0.39 is 0 Å². The first-order valence-electron chi connectivity index (χ1n) is 10.1. The van der Waals surface area contributed by atoms with E-state index in [1.54, 1.807) is 29.2 Å². The molecule has 0 aliphatic heterocycles.